The van der Waals surface area contributed by atoms with Crippen molar-refractivity contribution in [2.24, 2.45) is 0 Å². The molecule has 0 aliphatic carbocycles. The quantitative estimate of drug-likeness (QED) is 0.755. The minimum atomic E-state index is -0.723. The van der Waals surface area contributed by atoms with E-state index in [0.29, 0.717) is 0 Å². The number of carbonyl (C=O) groups is 1. The summed E-state index contributed by atoms with van der Waals surface area (Å²) in [6.45, 7) is 1.99. The normalized spacial score (nSPS) is 14.1. The highest BCUT2D eigenvalue weighted by atomic mass is 16.5. The minimum absolute atomic E-state index is 0.141. The molecule has 1 aromatic rings. The molecule has 94 valence electrons. The number of likely N-dealkylation sites (N-methyl/N-ethyl adjacent to an activating group) is 1. The Labute approximate surface area is 102 Å². The zero-order valence-corrected chi connectivity index (χ0v) is 10.4. The number of hydrogen-bond acceptors (Lipinski definition) is 4. The van der Waals surface area contributed by atoms with Gasteiger partial charge in [0.15, 0.2) is 0 Å². The lowest BCUT2D eigenvalue weighted by Gasteiger charge is -2.21. The average molecular weight is 237 g/mol. The van der Waals surface area contributed by atoms with Gasteiger partial charge in [0, 0.05) is 6.04 Å². The van der Waals surface area contributed by atoms with E-state index in [9.17, 15) is 9.90 Å². The highest BCUT2D eigenvalue weighted by molar-refractivity contribution is 5.70. The van der Waals surface area contributed by atoms with Gasteiger partial charge in [0.25, 0.3) is 0 Å². The van der Waals surface area contributed by atoms with Crippen molar-refractivity contribution in [3.8, 4) is 0 Å². The van der Waals surface area contributed by atoms with E-state index in [-0.39, 0.29) is 18.4 Å². The second kappa shape index (κ2) is 6.37. The van der Waals surface area contributed by atoms with E-state index >= 15 is 0 Å². The van der Waals surface area contributed by atoms with Crippen LogP contribution in [0, 0.1) is 6.92 Å². The first-order valence-corrected chi connectivity index (χ1v) is 5.57. The summed E-state index contributed by atoms with van der Waals surface area (Å²) in [6, 6.07) is 7.25. The van der Waals surface area contributed by atoms with Crippen molar-refractivity contribution in [3.63, 3.8) is 0 Å². The minimum Gasteiger partial charge on any atom is -0.469 e. The first-order valence-electron chi connectivity index (χ1n) is 5.57. The summed E-state index contributed by atoms with van der Waals surface area (Å²) in [5.74, 6) is -0.337. The highest BCUT2D eigenvalue weighted by Gasteiger charge is 2.22. The maximum absolute atomic E-state index is 11.2. The van der Waals surface area contributed by atoms with Crippen LogP contribution < -0.4 is 5.32 Å². The standard InChI is InChI=1S/C13H19NO3/c1-9-4-6-10(7-5-9)13(16)11(14-2)8-12(15)17-3/h4-7,11,13-14,16H,8H2,1-3H3. The number of methoxy groups -OCH3 is 1. The summed E-state index contributed by atoms with van der Waals surface area (Å²) in [4.78, 5) is 11.2. The fraction of sp³-hybridized carbons (Fsp3) is 0.462. The highest BCUT2D eigenvalue weighted by Crippen LogP contribution is 2.19. The zero-order valence-electron chi connectivity index (χ0n) is 10.4. The number of aliphatic hydroxyl groups excluding tert-OH is 1. The van der Waals surface area contributed by atoms with Gasteiger partial charge in [0.1, 0.15) is 0 Å². The van der Waals surface area contributed by atoms with E-state index in [0.717, 1.165) is 11.1 Å². The van der Waals surface area contributed by atoms with E-state index in [1.807, 2.05) is 31.2 Å². The molecule has 0 aliphatic heterocycles. The molecule has 0 heterocycles. The smallest absolute Gasteiger partial charge is 0.307 e. The van der Waals surface area contributed by atoms with Crippen molar-refractivity contribution in [1.82, 2.24) is 5.32 Å². The Morgan fingerprint density at radius 2 is 2.00 bits per heavy atom. The maximum Gasteiger partial charge on any atom is 0.307 e. The van der Waals surface area contributed by atoms with E-state index < -0.39 is 6.10 Å². The van der Waals surface area contributed by atoms with Gasteiger partial charge in [0.05, 0.1) is 19.6 Å². The van der Waals surface area contributed by atoms with Gasteiger partial charge in [-0.3, -0.25) is 4.79 Å². The average Bonchev–Trinajstić information content (AvgIpc) is 2.35. The molecule has 0 saturated heterocycles. The summed E-state index contributed by atoms with van der Waals surface area (Å²) in [5.41, 5.74) is 1.92. The molecule has 0 spiro atoms. The van der Waals surface area contributed by atoms with Crippen LogP contribution in [0.1, 0.15) is 23.7 Å². The Morgan fingerprint density at radius 1 is 1.41 bits per heavy atom. The third-order valence-electron chi connectivity index (χ3n) is 2.79. The third-order valence-corrected chi connectivity index (χ3v) is 2.79. The number of esters is 1. The Kier molecular flexibility index (Phi) is 5.12. The van der Waals surface area contributed by atoms with E-state index in [1.165, 1.54) is 7.11 Å². The molecule has 4 nitrogen and oxygen atoms in total. The van der Waals surface area contributed by atoms with Crippen molar-refractivity contribution in [3.05, 3.63) is 35.4 Å². The van der Waals surface area contributed by atoms with Crippen LogP contribution in [0.15, 0.2) is 24.3 Å². The number of ether oxygens (including phenoxy) is 1. The molecular weight excluding hydrogens is 218 g/mol. The lowest BCUT2D eigenvalue weighted by atomic mass is 9.99. The molecule has 2 atom stereocenters. The molecule has 0 bridgehead atoms. The van der Waals surface area contributed by atoms with Crippen LogP contribution >= 0.6 is 0 Å². The van der Waals surface area contributed by atoms with Gasteiger partial charge in [-0.1, -0.05) is 29.8 Å². The zero-order chi connectivity index (χ0) is 12.8. The summed E-state index contributed by atoms with van der Waals surface area (Å²) >= 11 is 0. The molecular formula is C13H19NO3. The first kappa shape index (κ1) is 13.7. The molecule has 1 aromatic carbocycles. The van der Waals surface area contributed by atoms with Crippen LogP contribution in [-0.4, -0.2) is 31.3 Å². The van der Waals surface area contributed by atoms with Crippen LogP contribution in [0.2, 0.25) is 0 Å². The summed E-state index contributed by atoms with van der Waals surface area (Å²) in [7, 11) is 3.05. The fourth-order valence-corrected chi connectivity index (χ4v) is 1.63. The second-order valence-electron chi connectivity index (χ2n) is 4.03. The molecule has 2 unspecified atom stereocenters. The Hall–Kier alpha value is -1.39. The number of nitrogens with one attached hydrogen (secondary N) is 1. The van der Waals surface area contributed by atoms with Crippen molar-refractivity contribution in [2.75, 3.05) is 14.2 Å². The van der Waals surface area contributed by atoms with Crippen LogP contribution in [0.3, 0.4) is 0 Å². The van der Waals surface area contributed by atoms with Crippen molar-refractivity contribution in [2.45, 2.75) is 25.5 Å². The molecule has 1 rings (SSSR count). The molecule has 0 fully saturated rings. The molecule has 0 amide bonds. The predicted molar refractivity (Wildman–Crippen MR) is 65.6 cm³/mol. The Bertz CT molecular complexity index is 361. The van der Waals surface area contributed by atoms with Gasteiger partial charge >= 0.3 is 5.97 Å². The molecule has 0 aliphatic rings. The van der Waals surface area contributed by atoms with Gasteiger partial charge in [-0.25, -0.2) is 0 Å². The van der Waals surface area contributed by atoms with Gasteiger partial charge in [-0.05, 0) is 19.5 Å². The third kappa shape index (κ3) is 3.84. The van der Waals surface area contributed by atoms with Gasteiger partial charge in [-0.2, -0.15) is 0 Å². The maximum atomic E-state index is 11.2. The number of rotatable bonds is 5. The van der Waals surface area contributed by atoms with Gasteiger partial charge < -0.3 is 15.2 Å². The van der Waals surface area contributed by atoms with E-state index in [1.54, 1.807) is 7.05 Å². The number of carbonyl (C=O) groups excluding carboxylic acids is 1. The van der Waals surface area contributed by atoms with Crippen LogP contribution in [0.25, 0.3) is 0 Å². The lowest BCUT2D eigenvalue weighted by molar-refractivity contribution is -0.141. The van der Waals surface area contributed by atoms with E-state index in [4.69, 9.17) is 0 Å². The second-order valence-corrected chi connectivity index (χ2v) is 4.03. The molecule has 0 radical (unpaired) electrons. The topological polar surface area (TPSA) is 58.6 Å². The number of aryl methyl sites for hydroxylation is 1. The number of aliphatic hydroxyl groups is 1. The Morgan fingerprint density at radius 3 is 2.47 bits per heavy atom. The van der Waals surface area contributed by atoms with Crippen LogP contribution in [0.4, 0.5) is 0 Å². The first-order chi connectivity index (χ1) is 8.08. The van der Waals surface area contributed by atoms with Crippen molar-refractivity contribution in [1.29, 1.82) is 0 Å². The Balaban J connectivity index is 2.74. The molecule has 17 heavy (non-hydrogen) atoms. The number of hydrogen-bond donors (Lipinski definition) is 2. The van der Waals surface area contributed by atoms with Gasteiger partial charge in [0.2, 0.25) is 0 Å². The molecule has 2 N–H and O–H groups in total. The molecule has 0 saturated carbocycles. The number of benzene rings is 1. The SMILES string of the molecule is CNC(CC(=O)OC)C(O)c1ccc(C)cc1. The lowest BCUT2D eigenvalue weighted by Crippen LogP contribution is -2.34. The van der Waals surface area contributed by atoms with Crippen molar-refractivity contribution >= 4 is 5.97 Å². The summed E-state index contributed by atoms with van der Waals surface area (Å²) in [6.07, 6.45) is -0.582. The molecule has 4 heteroatoms. The predicted octanol–water partition coefficient (Wildman–Crippen LogP) is 1.18. The largest absolute Gasteiger partial charge is 0.469 e. The monoisotopic (exact) mass is 237 g/mol. The van der Waals surface area contributed by atoms with Crippen LogP contribution in [-0.2, 0) is 9.53 Å². The van der Waals surface area contributed by atoms with Gasteiger partial charge in [-0.15, -0.1) is 0 Å². The molecule has 0 aromatic heterocycles. The van der Waals surface area contributed by atoms with Crippen molar-refractivity contribution < 1.29 is 14.6 Å². The summed E-state index contributed by atoms with van der Waals surface area (Å²) < 4.78 is 4.60. The summed E-state index contributed by atoms with van der Waals surface area (Å²) in [5, 5.41) is 13.1. The van der Waals surface area contributed by atoms with E-state index in [2.05, 4.69) is 10.1 Å². The fourth-order valence-electron chi connectivity index (χ4n) is 1.63. The van der Waals surface area contributed by atoms with Crippen LogP contribution in [0.5, 0.6) is 0 Å².